The standard InChI is InChI=1S/C8H7NO/c1-9-8-4-2-7(6-10)3-5-8/h2-5,10H,6H2/i6D. The van der Waals surface area contributed by atoms with Gasteiger partial charge in [0.15, 0.2) is 5.69 Å². The molecular weight excluding hydrogens is 126 g/mol. The third-order valence-corrected chi connectivity index (χ3v) is 1.17. The van der Waals surface area contributed by atoms with E-state index < -0.39 is 6.58 Å². The normalized spacial score (nSPS) is 13.4. The Kier molecular flexibility index (Phi) is 1.63. The zero-order chi connectivity index (χ0) is 8.27. The van der Waals surface area contributed by atoms with E-state index in [0.717, 1.165) is 0 Å². The zero-order valence-corrected chi connectivity index (χ0v) is 5.28. The molecule has 0 amide bonds. The lowest BCUT2D eigenvalue weighted by atomic mass is 10.2. The van der Waals surface area contributed by atoms with Crippen LogP contribution in [0.5, 0.6) is 0 Å². The highest BCUT2D eigenvalue weighted by Crippen LogP contribution is 2.11. The molecule has 10 heavy (non-hydrogen) atoms. The summed E-state index contributed by atoms with van der Waals surface area (Å²) in [5.41, 5.74) is 1.03. The number of hydrogen-bond acceptors (Lipinski definition) is 1. The summed E-state index contributed by atoms with van der Waals surface area (Å²) in [5, 5.41) is 8.78. The van der Waals surface area contributed by atoms with Gasteiger partial charge >= 0.3 is 0 Å². The van der Waals surface area contributed by atoms with Crippen LogP contribution in [0.25, 0.3) is 4.85 Å². The van der Waals surface area contributed by atoms with Gasteiger partial charge in [0.1, 0.15) is 0 Å². The number of aliphatic hydroxyl groups is 1. The fourth-order valence-electron chi connectivity index (χ4n) is 0.635. The minimum Gasteiger partial charge on any atom is -0.392 e. The van der Waals surface area contributed by atoms with Crippen LogP contribution in [0, 0.1) is 6.57 Å². The van der Waals surface area contributed by atoms with Gasteiger partial charge in [0.25, 0.3) is 0 Å². The Bertz CT molecular complexity index is 273. The molecule has 2 nitrogen and oxygen atoms in total. The maximum absolute atomic E-state index is 8.78. The van der Waals surface area contributed by atoms with Crippen LogP contribution in [0.2, 0.25) is 0 Å². The molecule has 2 heteroatoms. The molecule has 1 atom stereocenters. The molecule has 0 saturated heterocycles. The van der Waals surface area contributed by atoms with Crippen molar-refractivity contribution in [3.8, 4) is 0 Å². The molecule has 0 aromatic heterocycles. The second-order valence-electron chi connectivity index (χ2n) is 1.83. The number of aliphatic hydroxyl groups excluding tert-OH is 1. The molecule has 0 aliphatic heterocycles. The first-order valence-corrected chi connectivity index (χ1v) is 2.82. The molecule has 1 rings (SSSR count). The molecule has 0 aliphatic carbocycles. The monoisotopic (exact) mass is 134 g/mol. The minimum atomic E-state index is -1.20. The van der Waals surface area contributed by atoms with Gasteiger partial charge in [-0.15, -0.1) is 0 Å². The van der Waals surface area contributed by atoms with Crippen molar-refractivity contribution in [2.45, 2.75) is 6.58 Å². The highest BCUT2D eigenvalue weighted by atomic mass is 16.3. The van der Waals surface area contributed by atoms with Crippen LogP contribution in [0.3, 0.4) is 0 Å². The number of nitrogens with zero attached hydrogens (tertiary/aromatic N) is 1. The van der Waals surface area contributed by atoms with E-state index in [4.69, 9.17) is 13.0 Å². The summed E-state index contributed by atoms with van der Waals surface area (Å²) in [5.74, 6) is 0. The molecule has 1 aromatic rings. The highest BCUT2D eigenvalue weighted by Gasteiger charge is 1.89. The fourth-order valence-corrected chi connectivity index (χ4v) is 0.635. The lowest BCUT2D eigenvalue weighted by molar-refractivity contribution is 0.282. The van der Waals surface area contributed by atoms with Crippen LogP contribution in [-0.2, 0) is 6.58 Å². The van der Waals surface area contributed by atoms with Gasteiger partial charge in [0, 0.05) is 0 Å². The van der Waals surface area contributed by atoms with Gasteiger partial charge in [0.05, 0.1) is 14.5 Å². The van der Waals surface area contributed by atoms with E-state index in [2.05, 4.69) is 4.85 Å². The zero-order valence-electron chi connectivity index (χ0n) is 6.28. The van der Waals surface area contributed by atoms with E-state index in [9.17, 15) is 0 Å². The van der Waals surface area contributed by atoms with Crippen molar-refractivity contribution >= 4 is 5.69 Å². The Morgan fingerprint density at radius 2 is 2.10 bits per heavy atom. The van der Waals surface area contributed by atoms with Crippen molar-refractivity contribution < 1.29 is 6.48 Å². The van der Waals surface area contributed by atoms with E-state index in [0.29, 0.717) is 11.3 Å². The van der Waals surface area contributed by atoms with E-state index in [1.165, 1.54) is 0 Å². The van der Waals surface area contributed by atoms with Crippen molar-refractivity contribution in [2.75, 3.05) is 0 Å². The maximum atomic E-state index is 8.78. The SMILES string of the molecule is [2H]C(O)c1ccc([N+]#[C-])cc1. The van der Waals surface area contributed by atoms with Crippen LogP contribution in [0.1, 0.15) is 6.93 Å². The van der Waals surface area contributed by atoms with Gasteiger partial charge in [-0.25, -0.2) is 4.85 Å². The second-order valence-corrected chi connectivity index (χ2v) is 1.83. The summed E-state index contributed by atoms with van der Waals surface area (Å²) in [6.07, 6.45) is 0. The summed E-state index contributed by atoms with van der Waals surface area (Å²) in [7, 11) is 0. The van der Waals surface area contributed by atoms with Gasteiger partial charge in [-0.2, -0.15) is 0 Å². The molecule has 1 unspecified atom stereocenters. The largest absolute Gasteiger partial charge is 0.392 e. The Morgan fingerprint density at radius 1 is 1.50 bits per heavy atom. The van der Waals surface area contributed by atoms with E-state index >= 15 is 0 Å². The molecule has 0 aliphatic rings. The average molecular weight is 134 g/mol. The number of benzene rings is 1. The van der Waals surface area contributed by atoms with Gasteiger partial charge in [0.2, 0.25) is 0 Å². The first-order chi connectivity index (χ1) is 5.24. The average Bonchev–Trinajstić information content (AvgIpc) is 2.05. The first kappa shape index (κ1) is 5.45. The highest BCUT2D eigenvalue weighted by molar-refractivity contribution is 5.45. The topological polar surface area (TPSA) is 24.6 Å². The molecule has 0 bridgehead atoms. The molecular formula is C8H7NO. The van der Waals surface area contributed by atoms with Crippen LogP contribution in [0.4, 0.5) is 5.69 Å². The third kappa shape index (κ3) is 1.34. The summed E-state index contributed by atoms with van der Waals surface area (Å²) in [6.45, 7) is 5.44. The number of hydrogen-bond donors (Lipinski definition) is 1. The molecule has 0 fully saturated rings. The predicted molar refractivity (Wildman–Crippen MR) is 38.6 cm³/mol. The van der Waals surface area contributed by atoms with Crippen molar-refractivity contribution in [3.63, 3.8) is 0 Å². The summed E-state index contributed by atoms with van der Waals surface area (Å²) in [6, 6.07) is 6.32. The second kappa shape index (κ2) is 3.00. The summed E-state index contributed by atoms with van der Waals surface area (Å²) in [4.78, 5) is 3.18. The Balaban J connectivity index is 2.94. The molecule has 0 saturated carbocycles. The van der Waals surface area contributed by atoms with Crippen molar-refractivity contribution in [1.29, 1.82) is 0 Å². The van der Waals surface area contributed by atoms with Gasteiger partial charge in [-0.1, -0.05) is 24.3 Å². The molecule has 50 valence electrons. The van der Waals surface area contributed by atoms with Crippen LogP contribution >= 0.6 is 0 Å². The summed E-state index contributed by atoms with van der Waals surface area (Å²) >= 11 is 0. The maximum Gasteiger partial charge on any atom is 0.187 e. The molecule has 1 N–H and O–H groups in total. The van der Waals surface area contributed by atoms with Gasteiger partial charge in [-0.05, 0) is 5.56 Å². The minimum absolute atomic E-state index is 0.511. The Morgan fingerprint density at radius 3 is 2.50 bits per heavy atom. The molecule has 0 spiro atoms. The van der Waals surface area contributed by atoms with E-state index in [-0.39, 0.29) is 0 Å². The van der Waals surface area contributed by atoms with Gasteiger partial charge < -0.3 is 5.11 Å². The molecule has 0 radical (unpaired) electrons. The lowest BCUT2D eigenvalue weighted by Crippen LogP contribution is -1.78. The Labute approximate surface area is 61.0 Å². The molecule has 1 aromatic carbocycles. The van der Waals surface area contributed by atoms with Crippen LogP contribution in [-0.4, -0.2) is 5.11 Å². The quantitative estimate of drug-likeness (QED) is 0.581. The van der Waals surface area contributed by atoms with E-state index in [1.807, 2.05) is 0 Å². The molecule has 0 heterocycles. The Hall–Kier alpha value is -1.33. The lowest BCUT2D eigenvalue weighted by Gasteiger charge is -1.92. The van der Waals surface area contributed by atoms with E-state index in [1.54, 1.807) is 24.3 Å². The number of rotatable bonds is 1. The smallest absolute Gasteiger partial charge is 0.187 e. The summed E-state index contributed by atoms with van der Waals surface area (Å²) < 4.78 is 6.92. The fraction of sp³-hybridized carbons (Fsp3) is 0.125. The van der Waals surface area contributed by atoms with Crippen LogP contribution in [0.15, 0.2) is 24.3 Å². The third-order valence-electron chi connectivity index (χ3n) is 1.17. The predicted octanol–water partition coefficient (Wildman–Crippen LogP) is 1.73. The first-order valence-electron chi connectivity index (χ1n) is 3.39. The van der Waals surface area contributed by atoms with Crippen molar-refractivity contribution in [2.24, 2.45) is 0 Å². The van der Waals surface area contributed by atoms with Crippen molar-refractivity contribution in [3.05, 3.63) is 41.2 Å². The van der Waals surface area contributed by atoms with Crippen LogP contribution < -0.4 is 0 Å². The van der Waals surface area contributed by atoms with Crippen molar-refractivity contribution in [1.82, 2.24) is 0 Å². The van der Waals surface area contributed by atoms with Gasteiger partial charge in [-0.3, -0.25) is 0 Å².